The number of hydrogen-bond donors (Lipinski definition) is 5. The number of nitrogens with two attached hydrogens (primary N) is 2. The molecule has 0 bridgehead atoms. The highest BCUT2D eigenvalue weighted by atomic mass is 32.2. The predicted molar refractivity (Wildman–Crippen MR) is 89.9 cm³/mol. The summed E-state index contributed by atoms with van der Waals surface area (Å²) in [5.41, 5.74) is 11.1. The first-order valence-corrected chi connectivity index (χ1v) is 9.13. The van der Waals surface area contributed by atoms with Crippen molar-refractivity contribution in [3.8, 4) is 0 Å². The van der Waals surface area contributed by atoms with Crippen LogP contribution in [0.2, 0.25) is 0 Å². The summed E-state index contributed by atoms with van der Waals surface area (Å²) in [7, 11) is -4.43. The van der Waals surface area contributed by atoms with Crippen molar-refractivity contribution in [1.29, 1.82) is 0 Å². The SMILES string of the molecule is NCC(=O)NS(=O)(=O)OC[C@H]1O[C@@H](n2ccc3c(N)ncnc32)[C@@H](O)C1O. The van der Waals surface area contributed by atoms with Crippen LogP contribution >= 0.6 is 0 Å². The van der Waals surface area contributed by atoms with E-state index < -0.39 is 53.9 Å². The number of nitrogens with one attached hydrogen (secondary N) is 1. The quantitative estimate of drug-likeness (QED) is 0.328. The van der Waals surface area contributed by atoms with Gasteiger partial charge in [0, 0.05) is 6.20 Å². The molecule has 7 N–H and O–H groups in total. The molecular weight excluding hydrogens is 384 g/mol. The lowest BCUT2D eigenvalue weighted by Gasteiger charge is -2.17. The molecule has 148 valence electrons. The van der Waals surface area contributed by atoms with E-state index in [0.29, 0.717) is 11.0 Å². The van der Waals surface area contributed by atoms with Crippen LogP contribution in [0.4, 0.5) is 5.82 Å². The van der Waals surface area contributed by atoms with Crippen molar-refractivity contribution in [2.24, 2.45) is 5.73 Å². The maximum Gasteiger partial charge on any atom is 0.362 e. The Morgan fingerprint density at radius 3 is 2.81 bits per heavy atom. The molecule has 0 aliphatic carbocycles. The van der Waals surface area contributed by atoms with Gasteiger partial charge in [0.05, 0.1) is 18.5 Å². The highest BCUT2D eigenvalue weighted by Gasteiger charge is 2.44. The zero-order chi connectivity index (χ0) is 19.8. The van der Waals surface area contributed by atoms with Gasteiger partial charge in [0.2, 0.25) is 5.91 Å². The number of carbonyl (C=O) groups is 1. The third-order valence-electron chi connectivity index (χ3n) is 3.96. The Morgan fingerprint density at radius 2 is 2.11 bits per heavy atom. The first kappa shape index (κ1) is 19.4. The molecule has 27 heavy (non-hydrogen) atoms. The number of nitrogens with zero attached hydrogens (tertiary/aromatic N) is 3. The Hall–Kier alpha value is -2.36. The molecule has 2 aromatic rings. The number of nitrogen functional groups attached to an aromatic ring is 1. The molecule has 2 aromatic heterocycles. The van der Waals surface area contributed by atoms with E-state index in [-0.39, 0.29) is 5.82 Å². The molecule has 1 unspecified atom stereocenters. The first-order chi connectivity index (χ1) is 12.7. The van der Waals surface area contributed by atoms with Gasteiger partial charge >= 0.3 is 10.3 Å². The molecule has 0 spiro atoms. The lowest BCUT2D eigenvalue weighted by Crippen LogP contribution is -2.39. The Bertz CT molecular complexity index is 948. The highest BCUT2D eigenvalue weighted by molar-refractivity contribution is 7.85. The standard InChI is InChI=1S/C13H18N6O7S/c14-3-8(20)18-27(23,24)25-4-7-9(21)10(22)13(26-7)19-2-1-6-11(15)16-5-17-12(6)19/h1-2,5,7,9-10,13,21-22H,3-4,14H2,(H,18,20)(H2,15,16,17)/t7-,9?,10+,13-/m1/s1. The van der Waals surface area contributed by atoms with Crippen LogP contribution < -0.4 is 16.2 Å². The predicted octanol–water partition coefficient (Wildman–Crippen LogP) is -3.03. The molecule has 1 saturated heterocycles. The van der Waals surface area contributed by atoms with Crippen molar-refractivity contribution < 1.29 is 32.3 Å². The van der Waals surface area contributed by atoms with Crippen LogP contribution in [-0.2, 0) is 24.0 Å². The number of rotatable bonds is 6. The maximum atomic E-state index is 11.6. The van der Waals surface area contributed by atoms with E-state index in [2.05, 4.69) is 14.2 Å². The van der Waals surface area contributed by atoms with Gasteiger partial charge in [0.15, 0.2) is 6.23 Å². The molecule has 3 rings (SSSR count). The Labute approximate surface area is 153 Å². The fraction of sp³-hybridized carbons (Fsp3) is 0.462. The lowest BCUT2D eigenvalue weighted by molar-refractivity contribution is -0.118. The van der Waals surface area contributed by atoms with Crippen LogP contribution in [0.5, 0.6) is 0 Å². The normalized spacial score (nSPS) is 25.7. The van der Waals surface area contributed by atoms with E-state index >= 15 is 0 Å². The van der Waals surface area contributed by atoms with Gasteiger partial charge in [-0.1, -0.05) is 0 Å². The molecule has 1 fully saturated rings. The number of aromatic nitrogens is 3. The van der Waals surface area contributed by atoms with Crippen molar-refractivity contribution in [1.82, 2.24) is 19.3 Å². The van der Waals surface area contributed by atoms with E-state index in [9.17, 15) is 23.4 Å². The van der Waals surface area contributed by atoms with Crippen LogP contribution in [0, 0.1) is 0 Å². The topological polar surface area (TPSA) is 205 Å². The third kappa shape index (κ3) is 3.85. The average Bonchev–Trinajstić information content (AvgIpc) is 3.16. The molecule has 13 nitrogen and oxygen atoms in total. The van der Waals surface area contributed by atoms with E-state index in [0.717, 1.165) is 0 Å². The number of aliphatic hydroxyl groups is 2. The Kier molecular flexibility index (Phi) is 5.27. The number of anilines is 1. The van der Waals surface area contributed by atoms with E-state index in [4.69, 9.17) is 16.2 Å². The lowest BCUT2D eigenvalue weighted by atomic mass is 10.1. The second-order valence-corrected chi connectivity index (χ2v) is 7.08. The molecule has 1 amide bonds. The van der Waals surface area contributed by atoms with Crippen molar-refractivity contribution in [2.75, 3.05) is 18.9 Å². The van der Waals surface area contributed by atoms with Gasteiger partial charge in [-0.2, -0.15) is 8.42 Å². The zero-order valence-electron chi connectivity index (χ0n) is 13.8. The summed E-state index contributed by atoms with van der Waals surface area (Å²) < 4.78 is 36.4. The van der Waals surface area contributed by atoms with E-state index in [1.54, 1.807) is 10.8 Å². The first-order valence-electron chi connectivity index (χ1n) is 7.72. The van der Waals surface area contributed by atoms with Crippen molar-refractivity contribution in [2.45, 2.75) is 24.5 Å². The zero-order valence-corrected chi connectivity index (χ0v) is 14.6. The molecule has 0 radical (unpaired) electrons. The van der Waals surface area contributed by atoms with Crippen molar-refractivity contribution in [3.05, 3.63) is 18.6 Å². The molecule has 4 atom stereocenters. The summed E-state index contributed by atoms with van der Waals surface area (Å²) >= 11 is 0. The molecule has 14 heteroatoms. The summed E-state index contributed by atoms with van der Waals surface area (Å²) in [6.45, 7) is -1.18. The second-order valence-electron chi connectivity index (χ2n) is 5.73. The minimum Gasteiger partial charge on any atom is -0.387 e. The number of hydrogen-bond acceptors (Lipinski definition) is 11. The number of carbonyl (C=O) groups excluding carboxylic acids is 1. The molecule has 1 aliphatic heterocycles. The molecule has 0 saturated carbocycles. The van der Waals surface area contributed by atoms with Gasteiger partial charge in [-0.05, 0) is 6.07 Å². The van der Waals surface area contributed by atoms with Gasteiger partial charge < -0.3 is 31.0 Å². The van der Waals surface area contributed by atoms with Crippen LogP contribution in [0.3, 0.4) is 0 Å². The molecule has 1 aliphatic rings. The second kappa shape index (κ2) is 7.34. The fourth-order valence-corrected chi connectivity index (χ4v) is 3.39. The Balaban J connectivity index is 1.74. The third-order valence-corrected chi connectivity index (χ3v) is 4.89. The van der Waals surface area contributed by atoms with Gasteiger partial charge in [-0.25, -0.2) is 14.7 Å². The van der Waals surface area contributed by atoms with Crippen LogP contribution in [0.15, 0.2) is 18.6 Å². The summed E-state index contributed by atoms with van der Waals surface area (Å²) in [5, 5.41) is 21.0. The van der Waals surface area contributed by atoms with Crippen LogP contribution in [0.1, 0.15) is 6.23 Å². The minimum absolute atomic E-state index is 0.230. The molecular formula is C13H18N6O7S. The van der Waals surface area contributed by atoms with Crippen LogP contribution in [-0.4, -0.2) is 70.5 Å². The maximum absolute atomic E-state index is 11.6. The van der Waals surface area contributed by atoms with E-state index in [1.165, 1.54) is 17.1 Å². The highest BCUT2D eigenvalue weighted by Crippen LogP contribution is 2.33. The number of amides is 1. The largest absolute Gasteiger partial charge is 0.387 e. The van der Waals surface area contributed by atoms with Crippen LogP contribution in [0.25, 0.3) is 11.0 Å². The van der Waals surface area contributed by atoms with Gasteiger partial charge in [-0.15, -0.1) is 0 Å². The van der Waals surface area contributed by atoms with Gasteiger partial charge in [0.1, 0.15) is 36.1 Å². The van der Waals surface area contributed by atoms with E-state index in [1.807, 2.05) is 0 Å². The van der Waals surface area contributed by atoms with Gasteiger partial charge in [-0.3, -0.25) is 8.98 Å². The van der Waals surface area contributed by atoms with Gasteiger partial charge in [0.25, 0.3) is 0 Å². The number of fused-ring (bicyclic) bond motifs is 1. The fourth-order valence-electron chi connectivity index (χ4n) is 2.66. The number of aliphatic hydroxyl groups excluding tert-OH is 2. The summed E-state index contributed by atoms with van der Waals surface area (Å²) in [4.78, 5) is 19.0. The minimum atomic E-state index is -4.43. The van der Waals surface area contributed by atoms with Crippen molar-refractivity contribution >= 4 is 33.1 Å². The summed E-state index contributed by atoms with van der Waals surface area (Å²) in [5.74, 6) is -0.731. The smallest absolute Gasteiger partial charge is 0.362 e. The molecule has 0 aromatic carbocycles. The summed E-state index contributed by atoms with van der Waals surface area (Å²) in [6.07, 6.45) is -2.33. The summed E-state index contributed by atoms with van der Waals surface area (Å²) in [6, 6.07) is 1.61. The monoisotopic (exact) mass is 402 g/mol. The molecule has 3 heterocycles. The average molecular weight is 402 g/mol. The Morgan fingerprint density at radius 1 is 1.37 bits per heavy atom. The van der Waals surface area contributed by atoms with Crippen molar-refractivity contribution in [3.63, 3.8) is 0 Å². The number of ether oxygens (including phenoxy) is 1.